The third kappa shape index (κ3) is 3.29. The Bertz CT molecular complexity index is 1040. The molecule has 4 heteroatoms. The predicted octanol–water partition coefficient (Wildman–Crippen LogP) is 3.63. The SMILES string of the molecule is O=C(C(c1ccccc1)c1ccccc1)N1CC2CC(C1)c1cccc(=O)n1C2. The summed E-state index contributed by atoms with van der Waals surface area (Å²) >= 11 is 0. The fraction of sp³-hybridized carbons (Fsp3) is 0.280. The molecule has 2 atom stereocenters. The standard InChI is InChI=1S/C25H24N2O2/c28-23-13-7-12-22-21-14-18(16-27(22)23)15-26(17-21)25(29)24(19-8-3-1-4-9-19)20-10-5-2-6-11-20/h1-13,18,21,24H,14-17H2. The molecule has 1 aromatic heterocycles. The zero-order valence-electron chi connectivity index (χ0n) is 16.3. The Kier molecular flexibility index (Phi) is 4.55. The summed E-state index contributed by atoms with van der Waals surface area (Å²) in [4.78, 5) is 28.1. The van der Waals surface area contributed by atoms with E-state index in [0.717, 1.165) is 23.2 Å². The summed E-state index contributed by atoms with van der Waals surface area (Å²) in [6.45, 7) is 2.10. The lowest BCUT2D eigenvalue weighted by Gasteiger charge is -2.43. The topological polar surface area (TPSA) is 42.3 Å². The van der Waals surface area contributed by atoms with E-state index in [-0.39, 0.29) is 23.3 Å². The normalized spacial score (nSPS) is 20.4. The van der Waals surface area contributed by atoms with E-state index in [1.807, 2.05) is 82.3 Å². The molecule has 0 N–H and O–H groups in total. The molecule has 3 heterocycles. The van der Waals surface area contributed by atoms with E-state index >= 15 is 0 Å². The third-order valence-electron chi connectivity index (χ3n) is 6.30. The summed E-state index contributed by atoms with van der Waals surface area (Å²) in [6, 6.07) is 25.6. The molecule has 1 amide bonds. The van der Waals surface area contributed by atoms with Gasteiger partial charge in [-0.25, -0.2) is 0 Å². The monoisotopic (exact) mass is 384 g/mol. The highest BCUT2D eigenvalue weighted by atomic mass is 16.2. The maximum absolute atomic E-state index is 13.8. The fourth-order valence-electron chi connectivity index (χ4n) is 5.03. The number of likely N-dealkylation sites (tertiary alicyclic amines) is 1. The van der Waals surface area contributed by atoms with Crippen molar-refractivity contribution in [2.45, 2.75) is 24.8 Å². The van der Waals surface area contributed by atoms with E-state index in [0.29, 0.717) is 25.6 Å². The number of carbonyl (C=O) groups is 1. The molecule has 3 aromatic rings. The van der Waals surface area contributed by atoms with Crippen LogP contribution in [0, 0.1) is 5.92 Å². The summed E-state index contributed by atoms with van der Waals surface area (Å²) in [7, 11) is 0. The van der Waals surface area contributed by atoms with Crippen molar-refractivity contribution in [3.8, 4) is 0 Å². The van der Waals surface area contributed by atoms with Crippen molar-refractivity contribution in [2.24, 2.45) is 5.92 Å². The molecule has 2 aliphatic heterocycles. The number of aromatic nitrogens is 1. The Morgan fingerprint density at radius 3 is 2.10 bits per heavy atom. The van der Waals surface area contributed by atoms with Crippen molar-refractivity contribution in [1.82, 2.24) is 9.47 Å². The van der Waals surface area contributed by atoms with Gasteiger partial charge < -0.3 is 9.47 Å². The minimum Gasteiger partial charge on any atom is -0.341 e. The quantitative estimate of drug-likeness (QED) is 0.692. The second-order valence-corrected chi connectivity index (χ2v) is 8.20. The average molecular weight is 384 g/mol. The molecule has 146 valence electrons. The average Bonchev–Trinajstić information content (AvgIpc) is 2.76. The van der Waals surface area contributed by atoms with Crippen LogP contribution in [0.2, 0.25) is 0 Å². The Balaban J connectivity index is 1.49. The van der Waals surface area contributed by atoms with Crippen molar-refractivity contribution in [3.63, 3.8) is 0 Å². The van der Waals surface area contributed by atoms with Gasteiger partial charge in [-0.2, -0.15) is 0 Å². The molecule has 1 saturated heterocycles. The molecule has 0 radical (unpaired) electrons. The van der Waals surface area contributed by atoms with Crippen LogP contribution in [0.1, 0.15) is 35.1 Å². The van der Waals surface area contributed by atoms with Gasteiger partial charge in [0.15, 0.2) is 0 Å². The maximum atomic E-state index is 13.8. The van der Waals surface area contributed by atoms with E-state index in [4.69, 9.17) is 0 Å². The zero-order valence-corrected chi connectivity index (χ0v) is 16.3. The molecular weight excluding hydrogens is 360 g/mol. The summed E-state index contributed by atoms with van der Waals surface area (Å²) < 4.78 is 1.91. The van der Waals surface area contributed by atoms with Crippen molar-refractivity contribution < 1.29 is 4.79 Å². The number of fused-ring (bicyclic) bond motifs is 4. The van der Waals surface area contributed by atoms with Crippen molar-refractivity contribution >= 4 is 5.91 Å². The number of rotatable bonds is 3. The van der Waals surface area contributed by atoms with E-state index in [9.17, 15) is 9.59 Å². The second kappa shape index (κ2) is 7.36. The lowest BCUT2D eigenvalue weighted by molar-refractivity contribution is -0.134. The summed E-state index contributed by atoms with van der Waals surface area (Å²) in [5.41, 5.74) is 3.19. The number of nitrogens with zero attached hydrogens (tertiary/aromatic N) is 2. The van der Waals surface area contributed by atoms with E-state index in [1.54, 1.807) is 6.07 Å². The van der Waals surface area contributed by atoms with Crippen LogP contribution in [-0.4, -0.2) is 28.5 Å². The predicted molar refractivity (Wildman–Crippen MR) is 113 cm³/mol. The lowest BCUT2D eigenvalue weighted by Crippen LogP contribution is -2.50. The second-order valence-electron chi connectivity index (χ2n) is 8.20. The molecule has 2 bridgehead atoms. The number of amides is 1. The molecule has 1 fully saturated rings. The van der Waals surface area contributed by atoms with Gasteiger partial charge in [0.2, 0.25) is 5.91 Å². The van der Waals surface area contributed by atoms with Crippen molar-refractivity contribution in [2.75, 3.05) is 13.1 Å². The van der Waals surface area contributed by atoms with E-state index in [1.165, 1.54) is 0 Å². The first kappa shape index (κ1) is 17.9. The number of hydrogen-bond acceptors (Lipinski definition) is 2. The van der Waals surface area contributed by atoms with Crippen LogP contribution in [-0.2, 0) is 11.3 Å². The first-order chi connectivity index (χ1) is 14.2. The molecule has 0 aliphatic carbocycles. The molecule has 0 saturated carbocycles. The Morgan fingerprint density at radius 2 is 1.45 bits per heavy atom. The van der Waals surface area contributed by atoms with Crippen molar-refractivity contribution in [1.29, 1.82) is 0 Å². The summed E-state index contributed by atoms with van der Waals surface area (Å²) in [5, 5.41) is 0. The Labute approximate surface area is 170 Å². The summed E-state index contributed by atoms with van der Waals surface area (Å²) in [5.74, 6) is 0.420. The zero-order chi connectivity index (χ0) is 19.8. The number of benzene rings is 2. The molecule has 29 heavy (non-hydrogen) atoms. The molecule has 2 aromatic carbocycles. The van der Waals surface area contributed by atoms with Crippen molar-refractivity contribution in [3.05, 3.63) is 106 Å². The maximum Gasteiger partial charge on any atom is 0.250 e. The first-order valence-corrected chi connectivity index (χ1v) is 10.3. The number of carbonyl (C=O) groups excluding carboxylic acids is 1. The first-order valence-electron chi connectivity index (χ1n) is 10.3. The van der Waals surface area contributed by atoms with Crippen LogP contribution in [0.3, 0.4) is 0 Å². The number of hydrogen-bond donors (Lipinski definition) is 0. The molecule has 2 aliphatic rings. The van der Waals surface area contributed by atoms with Gasteiger partial charge in [0.25, 0.3) is 5.56 Å². The Hall–Kier alpha value is -3.14. The van der Waals surface area contributed by atoms with Crippen LogP contribution >= 0.6 is 0 Å². The van der Waals surface area contributed by atoms with Crippen LogP contribution in [0.25, 0.3) is 0 Å². The van der Waals surface area contributed by atoms with Crippen LogP contribution < -0.4 is 5.56 Å². The third-order valence-corrected chi connectivity index (χ3v) is 6.30. The number of pyridine rings is 1. The molecule has 2 unspecified atom stereocenters. The molecule has 4 nitrogen and oxygen atoms in total. The highest BCUT2D eigenvalue weighted by Gasteiger charge is 2.38. The van der Waals surface area contributed by atoms with Gasteiger partial charge in [0.1, 0.15) is 0 Å². The van der Waals surface area contributed by atoms with Crippen LogP contribution in [0.4, 0.5) is 0 Å². The minimum absolute atomic E-state index is 0.0726. The highest BCUT2D eigenvalue weighted by Crippen LogP contribution is 2.37. The Morgan fingerprint density at radius 1 is 0.793 bits per heavy atom. The summed E-state index contributed by atoms with van der Waals surface area (Å²) in [6.07, 6.45) is 1.05. The fourth-order valence-corrected chi connectivity index (χ4v) is 5.03. The van der Waals surface area contributed by atoms with Gasteiger partial charge in [-0.15, -0.1) is 0 Å². The van der Waals surface area contributed by atoms with Gasteiger partial charge in [0.05, 0.1) is 5.92 Å². The largest absolute Gasteiger partial charge is 0.341 e. The van der Waals surface area contributed by atoms with E-state index < -0.39 is 0 Å². The van der Waals surface area contributed by atoms with Crippen LogP contribution in [0.15, 0.2) is 83.7 Å². The van der Waals surface area contributed by atoms with Crippen LogP contribution in [0.5, 0.6) is 0 Å². The molecular formula is C25H24N2O2. The van der Waals surface area contributed by atoms with Gasteiger partial charge in [-0.1, -0.05) is 66.7 Å². The van der Waals surface area contributed by atoms with Gasteiger partial charge in [0, 0.05) is 37.3 Å². The minimum atomic E-state index is -0.297. The van der Waals surface area contributed by atoms with Gasteiger partial charge in [-0.3, -0.25) is 9.59 Å². The molecule has 5 rings (SSSR count). The highest BCUT2D eigenvalue weighted by molar-refractivity contribution is 5.87. The lowest BCUT2D eigenvalue weighted by atomic mass is 9.81. The van der Waals surface area contributed by atoms with Gasteiger partial charge in [-0.05, 0) is 29.5 Å². The van der Waals surface area contributed by atoms with E-state index in [2.05, 4.69) is 0 Å². The smallest absolute Gasteiger partial charge is 0.250 e. The van der Waals surface area contributed by atoms with Gasteiger partial charge >= 0.3 is 0 Å². The number of piperidine rings is 1. The molecule has 0 spiro atoms.